The molecule has 2 saturated heterocycles. The van der Waals surface area contributed by atoms with Gasteiger partial charge in [0.2, 0.25) is 16.0 Å². The molecular formula is C28H40N6O4S. The number of aromatic nitrogens is 3. The Hall–Kier alpha value is -2.76. The zero-order chi connectivity index (χ0) is 27.2. The zero-order valence-corrected chi connectivity index (χ0v) is 23.7. The van der Waals surface area contributed by atoms with Gasteiger partial charge in [-0.05, 0) is 55.7 Å². The van der Waals surface area contributed by atoms with E-state index in [1.54, 1.807) is 4.31 Å². The second kappa shape index (κ2) is 12.6. The molecule has 0 spiro atoms. The third kappa shape index (κ3) is 6.88. The maximum absolute atomic E-state index is 12.6. The van der Waals surface area contributed by atoms with Gasteiger partial charge in [-0.15, -0.1) is 0 Å². The van der Waals surface area contributed by atoms with E-state index in [2.05, 4.69) is 26.7 Å². The number of piperidine rings is 1. The molecule has 0 radical (unpaired) electrons. The third-order valence-electron chi connectivity index (χ3n) is 7.81. The van der Waals surface area contributed by atoms with Crippen molar-refractivity contribution in [3.8, 4) is 0 Å². The van der Waals surface area contributed by atoms with Crippen molar-refractivity contribution in [3.63, 3.8) is 0 Å². The van der Waals surface area contributed by atoms with E-state index in [9.17, 15) is 8.42 Å². The van der Waals surface area contributed by atoms with Crippen molar-refractivity contribution in [1.29, 1.82) is 0 Å². The monoisotopic (exact) mass is 556 g/mol. The molecular weight excluding hydrogens is 516 g/mol. The van der Waals surface area contributed by atoms with E-state index in [0.29, 0.717) is 44.9 Å². The van der Waals surface area contributed by atoms with Gasteiger partial charge in [-0.2, -0.15) is 4.31 Å². The van der Waals surface area contributed by atoms with Crippen LogP contribution in [-0.2, 0) is 22.9 Å². The lowest BCUT2D eigenvalue weighted by Gasteiger charge is -2.35. The Kier molecular flexibility index (Phi) is 8.99. The van der Waals surface area contributed by atoms with Crippen LogP contribution in [0.25, 0.3) is 11.1 Å². The fourth-order valence-electron chi connectivity index (χ4n) is 5.51. The predicted molar refractivity (Wildman–Crippen MR) is 153 cm³/mol. The van der Waals surface area contributed by atoms with Crippen molar-refractivity contribution in [2.24, 2.45) is 5.92 Å². The normalized spacial score (nSPS) is 17.8. The van der Waals surface area contributed by atoms with Gasteiger partial charge in [0.15, 0.2) is 11.5 Å². The highest BCUT2D eigenvalue weighted by atomic mass is 32.2. The Labute approximate surface area is 231 Å². The summed E-state index contributed by atoms with van der Waals surface area (Å²) < 4.78 is 32.9. The molecule has 39 heavy (non-hydrogen) atoms. The molecule has 1 aromatic carbocycles. The second-order valence-corrected chi connectivity index (χ2v) is 12.8. The molecule has 0 unspecified atom stereocenters. The smallest absolute Gasteiger partial charge is 0.225 e. The van der Waals surface area contributed by atoms with Crippen LogP contribution in [0.5, 0.6) is 0 Å². The largest absolute Gasteiger partial charge is 0.441 e. The lowest BCUT2D eigenvalue weighted by molar-refractivity contribution is 0.286. The molecule has 0 atom stereocenters. The summed E-state index contributed by atoms with van der Waals surface area (Å²) in [6.07, 6.45) is 9.95. The number of oxazole rings is 1. The second-order valence-electron chi connectivity index (χ2n) is 10.7. The molecule has 2 aliphatic heterocycles. The summed E-state index contributed by atoms with van der Waals surface area (Å²) in [5.41, 5.74) is 3.85. The first-order chi connectivity index (χ1) is 18.9. The lowest BCUT2D eigenvalue weighted by Crippen LogP contribution is -2.49. The molecule has 2 aliphatic rings. The first-order valence-corrected chi connectivity index (χ1v) is 15.8. The molecule has 2 aromatic heterocycles. The molecule has 10 nitrogen and oxygen atoms in total. The third-order valence-corrected chi connectivity index (χ3v) is 9.77. The molecule has 0 amide bonds. The summed E-state index contributed by atoms with van der Waals surface area (Å²) in [4.78, 5) is 18.4. The van der Waals surface area contributed by atoms with Gasteiger partial charge in [-0.1, -0.05) is 13.3 Å². The van der Waals surface area contributed by atoms with Crippen LogP contribution in [0.4, 0.5) is 11.6 Å². The fourth-order valence-corrected chi connectivity index (χ4v) is 7.05. The van der Waals surface area contributed by atoms with Crippen LogP contribution in [0.15, 0.2) is 35.0 Å². The van der Waals surface area contributed by atoms with Crippen LogP contribution in [-0.4, -0.2) is 84.4 Å². The number of piperazine rings is 1. The van der Waals surface area contributed by atoms with Crippen molar-refractivity contribution in [2.45, 2.75) is 51.9 Å². The summed E-state index contributed by atoms with van der Waals surface area (Å²) in [7, 11) is -3.27. The van der Waals surface area contributed by atoms with Gasteiger partial charge in [0.05, 0.1) is 5.75 Å². The Balaban J connectivity index is 1.13. The number of aliphatic hydroxyl groups excluding tert-OH is 1. The average molecular weight is 557 g/mol. The SMILES string of the molecule is CCCc1cnc(N2CCC(Cc3nc4ccc(N5CCN(S(=O)(=O)CCCCO)CC5)cc4o3)CC2)nc1. The first-order valence-electron chi connectivity index (χ1n) is 14.2. The number of fused-ring (bicyclic) bond motifs is 1. The van der Waals surface area contributed by atoms with E-state index >= 15 is 0 Å². The molecule has 1 N–H and O–H groups in total. The quantitative estimate of drug-likeness (QED) is 0.355. The number of hydrogen-bond acceptors (Lipinski definition) is 9. The van der Waals surface area contributed by atoms with Crippen molar-refractivity contribution in [2.75, 3.05) is 61.4 Å². The number of nitrogens with zero attached hydrogens (tertiary/aromatic N) is 6. The summed E-state index contributed by atoms with van der Waals surface area (Å²) in [6.45, 7) is 6.26. The molecule has 212 valence electrons. The minimum Gasteiger partial charge on any atom is -0.441 e. The van der Waals surface area contributed by atoms with Crippen LogP contribution in [0.3, 0.4) is 0 Å². The van der Waals surface area contributed by atoms with E-state index in [0.717, 1.165) is 73.8 Å². The molecule has 4 heterocycles. The highest BCUT2D eigenvalue weighted by Gasteiger charge is 2.27. The van der Waals surface area contributed by atoms with Crippen molar-refractivity contribution >= 4 is 32.8 Å². The Morgan fingerprint density at radius 3 is 2.44 bits per heavy atom. The number of aliphatic hydroxyl groups is 1. The molecule has 0 saturated carbocycles. The summed E-state index contributed by atoms with van der Waals surface area (Å²) in [6, 6.07) is 6.07. The van der Waals surface area contributed by atoms with Crippen molar-refractivity contribution in [3.05, 3.63) is 42.0 Å². The molecule has 0 aliphatic carbocycles. The van der Waals surface area contributed by atoms with Gasteiger partial charge < -0.3 is 19.3 Å². The van der Waals surface area contributed by atoms with Crippen LogP contribution in [0.2, 0.25) is 0 Å². The highest BCUT2D eigenvalue weighted by Crippen LogP contribution is 2.28. The standard InChI is InChI=1S/C28H40N6O4S/c1-2-5-23-20-29-28(30-21-23)33-10-8-22(9-11-33)18-27-31-25-7-6-24(19-26(25)38-27)32-12-14-34(15-13-32)39(36,37)17-4-3-16-35/h6-7,19-22,35H,2-5,8-18H2,1H3. The van der Waals surface area contributed by atoms with Crippen LogP contribution in [0, 0.1) is 5.92 Å². The fraction of sp³-hybridized carbons (Fsp3) is 0.607. The number of rotatable bonds is 11. The topological polar surface area (TPSA) is 116 Å². The summed E-state index contributed by atoms with van der Waals surface area (Å²) in [5.74, 6) is 2.21. The van der Waals surface area contributed by atoms with E-state index in [4.69, 9.17) is 14.5 Å². The molecule has 5 rings (SSSR count). The summed E-state index contributed by atoms with van der Waals surface area (Å²) >= 11 is 0. The zero-order valence-electron chi connectivity index (χ0n) is 22.8. The minimum absolute atomic E-state index is 0.0258. The van der Waals surface area contributed by atoms with Crippen LogP contribution >= 0.6 is 0 Å². The Bertz CT molecular complexity index is 1310. The number of sulfonamides is 1. The maximum atomic E-state index is 12.6. The number of benzene rings is 1. The number of anilines is 2. The van der Waals surface area contributed by atoms with E-state index in [-0.39, 0.29) is 12.4 Å². The summed E-state index contributed by atoms with van der Waals surface area (Å²) in [5, 5.41) is 8.93. The lowest BCUT2D eigenvalue weighted by atomic mass is 9.94. The van der Waals surface area contributed by atoms with Gasteiger partial charge in [0, 0.05) is 76.4 Å². The Morgan fingerprint density at radius 1 is 1.00 bits per heavy atom. The maximum Gasteiger partial charge on any atom is 0.225 e. The van der Waals surface area contributed by atoms with Crippen LogP contribution in [0.1, 0.15) is 50.5 Å². The Morgan fingerprint density at radius 2 is 1.74 bits per heavy atom. The molecule has 3 aromatic rings. The first kappa shape index (κ1) is 27.8. The average Bonchev–Trinajstić information content (AvgIpc) is 3.36. The van der Waals surface area contributed by atoms with Gasteiger partial charge >= 0.3 is 0 Å². The van der Waals surface area contributed by atoms with Gasteiger partial charge in [-0.3, -0.25) is 0 Å². The van der Waals surface area contributed by atoms with Crippen molar-refractivity contribution < 1.29 is 17.9 Å². The van der Waals surface area contributed by atoms with E-state index < -0.39 is 10.0 Å². The van der Waals surface area contributed by atoms with Gasteiger partial charge in [0.1, 0.15) is 5.52 Å². The predicted octanol–water partition coefficient (Wildman–Crippen LogP) is 3.25. The number of aryl methyl sites for hydroxylation is 1. The minimum atomic E-state index is -3.27. The van der Waals surface area contributed by atoms with Crippen molar-refractivity contribution in [1.82, 2.24) is 19.3 Å². The van der Waals surface area contributed by atoms with E-state index in [1.807, 2.05) is 30.6 Å². The molecule has 11 heteroatoms. The molecule has 0 bridgehead atoms. The van der Waals surface area contributed by atoms with Gasteiger partial charge in [0.25, 0.3) is 0 Å². The number of unbranched alkanes of at least 4 members (excludes halogenated alkanes) is 1. The van der Waals surface area contributed by atoms with Crippen LogP contribution < -0.4 is 9.80 Å². The number of hydrogen-bond donors (Lipinski definition) is 1. The van der Waals surface area contributed by atoms with Gasteiger partial charge in [-0.25, -0.2) is 23.4 Å². The molecule has 2 fully saturated rings. The van der Waals surface area contributed by atoms with E-state index in [1.165, 1.54) is 5.56 Å². The highest BCUT2D eigenvalue weighted by molar-refractivity contribution is 7.89.